The van der Waals surface area contributed by atoms with Crippen molar-refractivity contribution in [3.8, 4) is 5.75 Å². The van der Waals surface area contributed by atoms with E-state index in [1.165, 1.54) is 4.88 Å². The minimum atomic E-state index is 0.257. The van der Waals surface area contributed by atoms with Crippen LogP contribution in [0.1, 0.15) is 31.7 Å². The molecule has 1 atom stereocenters. The van der Waals surface area contributed by atoms with Crippen molar-refractivity contribution in [3.63, 3.8) is 0 Å². The van der Waals surface area contributed by atoms with Crippen molar-refractivity contribution in [2.24, 2.45) is 5.92 Å². The summed E-state index contributed by atoms with van der Waals surface area (Å²) in [7, 11) is 0. The quantitative estimate of drug-likeness (QED) is 0.851. The molecule has 19 heavy (non-hydrogen) atoms. The van der Waals surface area contributed by atoms with Crippen LogP contribution in [0.4, 0.5) is 5.69 Å². The highest BCUT2D eigenvalue weighted by molar-refractivity contribution is 7.09. The predicted octanol–water partition coefficient (Wildman–Crippen LogP) is 4.35. The maximum Gasteiger partial charge on any atom is 0.121 e. The number of anilines is 1. The topological polar surface area (TPSA) is 34.1 Å². The number of nitrogens with zero attached hydrogens (tertiary/aromatic N) is 1. The summed E-state index contributed by atoms with van der Waals surface area (Å²) in [4.78, 5) is 5.34. The molecule has 0 bridgehead atoms. The SMILES string of the molecule is CC(C)COc1cccc(NC(C)c2cncs2)c1. The van der Waals surface area contributed by atoms with Crippen LogP contribution in [-0.4, -0.2) is 11.6 Å². The van der Waals surface area contributed by atoms with Gasteiger partial charge in [-0.2, -0.15) is 0 Å². The minimum absolute atomic E-state index is 0.257. The van der Waals surface area contributed by atoms with E-state index in [1.54, 1.807) is 11.3 Å². The second-order valence-electron chi connectivity index (χ2n) is 5.00. The molecule has 102 valence electrons. The van der Waals surface area contributed by atoms with Gasteiger partial charge in [0.15, 0.2) is 0 Å². The van der Waals surface area contributed by atoms with Crippen LogP contribution in [0.3, 0.4) is 0 Å². The van der Waals surface area contributed by atoms with E-state index in [0.29, 0.717) is 5.92 Å². The largest absolute Gasteiger partial charge is 0.493 e. The van der Waals surface area contributed by atoms with Gasteiger partial charge >= 0.3 is 0 Å². The van der Waals surface area contributed by atoms with Crippen LogP contribution in [0.25, 0.3) is 0 Å². The lowest BCUT2D eigenvalue weighted by Crippen LogP contribution is -2.06. The maximum absolute atomic E-state index is 5.73. The molecule has 0 spiro atoms. The van der Waals surface area contributed by atoms with Crippen LogP contribution in [-0.2, 0) is 0 Å². The molecular weight excluding hydrogens is 256 g/mol. The van der Waals surface area contributed by atoms with E-state index >= 15 is 0 Å². The molecule has 1 unspecified atom stereocenters. The lowest BCUT2D eigenvalue weighted by molar-refractivity contribution is 0.271. The number of rotatable bonds is 6. The Morgan fingerprint density at radius 2 is 2.16 bits per heavy atom. The van der Waals surface area contributed by atoms with E-state index in [1.807, 2.05) is 29.9 Å². The van der Waals surface area contributed by atoms with Crippen LogP contribution in [0.2, 0.25) is 0 Å². The fraction of sp³-hybridized carbons (Fsp3) is 0.400. The minimum Gasteiger partial charge on any atom is -0.493 e. The van der Waals surface area contributed by atoms with Crippen molar-refractivity contribution >= 4 is 17.0 Å². The Morgan fingerprint density at radius 1 is 1.32 bits per heavy atom. The van der Waals surface area contributed by atoms with Gasteiger partial charge in [0.25, 0.3) is 0 Å². The smallest absolute Gasteiger partial charge is 0.121 e. The molecule has 2 rings (SSSR count). The second-order valence-corrected chi connectivity index (χ2v) is 5.92. The summed E-state index contributed by atoms with van der Waals surface area (Å²) in [5.74, 6) is 1.45. The third-order valence-electron chi connectivity index (χ3n) is 2.68. The molecule has 0 saturated heterocycles. The van der Waals surface area contributed by atoms with Crippen molar-refractivity contribution in [1.29, 1.82) is 0 Å². The number of nitrogens with one attached hydrogen (secondary N) is 1. The monoisotopic (exact) mass is 276 g/mol. The summed E-state index contributed by atoms with van der Waals surface area (Å²) in [5.41, 5.74) is 2.93. The van der Waals surface area contributed by atoms with E-state index in [9.17, 15) is 0 Å². The number of hydrogen-bond acceptors (Lipinski definition) is 4. The Kier molecular flexibility index (Phi) is 4.80. The highest BCUT2D eigenvalue weighted by atomic mass is 32.1. The Labute approximate surface area is 118 Å². The average molecular weight is 276 g/mol. The molecule has 0 radical (unpaired) electrons. The molecular formula is C15H20N2OS. The first kappa shape index (κ1) is 13.9. The highest BCUT2D eigenvalue weighted by Gasteiger charge is 2.07. The van der Waals surface area contributed by atoms with Crippen molar-refractivity contribution in [3.05, 3.63) is 40.8 Å². The van der Waals surface area contributed by atoms with Gasteiger partial charge in [0.05, 0.1) is 18.2 Å². The molecule has 0 amide bonds. The van der Waals surface area contributed by atoms with E-state index in [4.69, 9.17) is 4.74 Å². The fourth-order valence-corrected chi connectivity index (χ4v) is 2.33. The summed E-state index contributed by atoms with van der Waals surface area (Å²) in [6, 6.07) is 8.36. The third kappa shape index (κ3) is 4.24. The molecule has 1 aromatic heterocycles. The maximum atomic E-state index is 5.73. The van der Waals surface area contributed by atoms with Gasteiger partial charge in [0.2, 0.25) is 0 Å². The first-order valence-corrected chi connectivity index (χ1v) is 7.41. The van der Waals surface area contributed by atoms with Gasteiger partial charge in [-0.15, -0.1) is 11.3 Å². The normalized spacial score (nSPS) is 12.4. The zero-order valence-electron chi connectivity index (χ0n) is 11.6. The summed E-state index contributed by atoms with van der Waals surface area (Å²) >= 11 is 1.66. The van der Waals surface area contributed by atoms with E-state index in [-0.39, 0.29) is 6.04 Å². The van der Waals surface area contributed by atoms with Gasteiger partial charge < -0.3 is 10.1 Å². The van der Waals surface area contributed by atoms with Crippen molar-refractivity contribution in [1.82, 2.24) is 4.98 Å². The summed E-state index contributed by atoms with van der Waals surface area (Å²) in [6.45, 7) is 7.17. The van der Waals surface area contributed by atoms with Crippen LogP contribution in [0.15, 0.2) is 36.0 Å². The number of ether oxygens (including phenoxy) is 1. The van der Waals surface area contributed by atoms with Crippen LogP contribution < -0.4 is 10.1 Å². The Morgan fingerprint density at radius 3 is 2.84 bits per heavy atom. The number of benzene rings is 1. The lowest BCUT2D eigenvalue weighted by atomic mass is 10.2. The number of thiazole rings is 1. The van der Waals surface area contributed by atoms with Gasteiger partial charge in [-0.25, -0.2) is 0 Å². The molecule has 1 N–H and O–H groups in total. The van der Waals surface area contributed by atoms with Gasteiger partial charge in [-0.1, -0.05) is 19.9 Å². The van der Waals surface area contributed by atoms with Gasteiger partial charge in [0, 0.05) is 22.8 Å². The van der Waals surface area contributed by atoms with Crippen LogP contribution in [0.5, 0.6) is 5.75 Å². The van der Waals surface area contributed by atoms with Gasteiger partial charge in [-0.3, -0.25) is 4.98 Å². The summed E-state index contributed by atoms with van der Waals surface area (Å²) < 4.78 is 5.73. The van der Waals surface area contributed by atoms with Crippen LogP contribution in [0, 0.1) is 5.92 Å². The third-order valence-corrected chi connectivity index (χ3v) is 3.64. The summed E-state index contributed by atoms with van der Waals surface area (Å²) in [6.07, 6.45) is 1.90. The molecule has 0 fully saturated rings. The summed E-state index contributed by atoms with van der Waals surface area (Å²) in [5, 5.41) is 3.46. The Hall–Kier alpha value is -1.55. The highest BCUT2D eigenvalue weighted by Crippen LogP contribution is 2.24. The number of aromatic nitrogens is 1. The van der Waals surface area contributed by atoms with Crippen molar-refractivity contribution in [2.45, 2.75) is 26.8 Å². The van der Waals surface area contributed by atoms with Crippen molar-refractivity contribution in [2.75, 3.05) is 11.9 Å². The van der Waals surface area contributed by atoms with E-state index in [0.717, 1.165) is 18.0 Å². The first-order chi connectivity index (χ1) is 9.15. The molecule has 1 aromatic carbocycles. The van der Waals surface area contributed by atoms with Crippen molar-refractivity contribution < 1.29 is 4.74 Å². The van der Waals surface area contributed by atoms with E-state index < -0.39 is 0 Å². The molecule has 2 aromatic rings. The van der Waals surface area contributed by atoms with E-state index in [2.05, 4.69) is 37.1 Å². The zero-order valence-corrected chi connectivity index (χ0v) is 12.4. The van der Waals surface area contributed by atoms with Gasteiger partial charge in [-0.05, 0) is 25.0 Å². The molecule has 3 nitrogen and oxygen atoms in total. The Bertz CT molecular complexity index is 497. The molecule has 4 heteroatoms. The molecule has 0 aliphatic heterocycles. The zero-order chi connectivity index (χ0) is 13.7. The second kappa shape index (κ2) is 6.57. The fourth-order valence-electron chi connectivity index (χ4n) is 1.70. The number of hydrogen-bond donors (Lipinski definition) is 1. The van der Waals surface area contributed by atoms with Gasteiger partial charge in [0.1, 0.15) is 5.75 Å². The molecule has 0 aliphatic carbocycles. The Balaban J connectivity index is 1.98. The molecule has 1 heterocycles. The predicted molar refractivity (Wildman–Crippen MR) is 80.9 cm³/mol. The lowest BCUT2D eigenvalue weighted by Gasteiger charge is -2.15. The molecule has 0 aliphatic rings. The first-order valence-electron chi connectivity index (χ1n) is 6.53. The van der Waals surface area contributed by atoms with Crippen LogP contribution >= 0.6 is 11.3 Å². The average Bonchev–Trinajstić information content (AvgIpc) is 2.91. The molecule has 0 saturated carbocycles. The standard InChI is InChI=1S/C15H20N2OS/c1-11(2)9-18-14-6-4-5-13(7-14)17-12(3)15-8-16-10-19-15/h4-8,10-12,17H,9H2,1-3H3.